The number of carbonyl (C=O) groups is 1. The first-order valence-corrected chi connectivity index (χ1v) is 9.76. The summed E-state index contributed by atoms with van der Waals surface area (Å²) in [6.07, 6.45) is 2.77. The second-order valence-electron chi connectivity index (χ2n) is 6.28. The highest BCUT2D eigenvalue weighted by Crippen LogP contribution is 2.24. The van der Waals surface area contributed by atoms with E-state index in [9.17, 15) is 4.79 Å². The lowest BCUT2D eigenvalue weighted by atomic mass is 10.1. The predicted octanol–water partition coefficient (Wildman–Crippen LogP) is 4.78. The van der Waals surface area contributed by atoms with Crippen molar-refractivity contribution in [3.63, 3.8) is 0 Å². The molecular formula is C22H20N2O2S. The molecular weight excluding hydrogens is 356 g/mol. The van der Waals surface area contributed by atoms with Gasteiger partial charge in [-0.2, -0.15) is 0 Å². The summed E-state index contributed by atoms with van der Waals surface area (Å²) >= 11 is 1.45. The number of rotatable bonds is 7. The largest absolute Gasteiger partial charge is 0.489 e. The number of thiophene rings is 1. The van der Waals surface area contributed by atoms with Crippen molar-refractivity contribution in [2.45, 2.75) is 13.0 Å². The highest BCUT2D eigenvalue weighted by molar-refractivity contribution is 7.12. The van der Waals surface area contributed by atoms with Gasteiger partial charge >= 0.3 is 0 Å². The summed E-state index contributed by atoms with van der Waals surface area (Å²) in [5.74, 6) is 0.826. The SMILES string of the molecule is O=C(NCCc1c[nH]c2ccc(OCc3ccccc3)cc12)c1cccs1. The van der Waals surface area contributed by atoms with Crippen LogP contribution in [0.5, 0.6) is 5.75 Å². The van der Waals surface area contributed by atoms with E-state index in [1.165, 1.54) is 16.9 Å². The Hall–Kier alpha value is -3.05. The van der Waals surface area contributed by atoms with Crippen LogP contribution in [0.4, 0.5) is 0 Å². The molecule has 0 aliphatic heterocycles. The lowest BCUT2D eigenvalue weighted by Crippen LogP contribution is -2.24. The maximum absolute atomic E-state index is 12.0. The minimum Gasteiger partial charge on any atom is -0.489 e. The number of H-pyrrole nitrogens is 1. The minimum atomic E-state index is -0.0169. The van der Waals surface area contributed by atoms with Crippen molar-refractivity contribution < 1.29 is 9.53 Å². The summed E-state index contributed by atoms with van der Waals surface area (Å²) in [5, 5.41) is 6.01. The van der Waals surface area contributed by atoms with Crippen LogP contribution in [0, 0.1) is 0 Å². The molecule has 4 rings (SSSR count). The lowest BCUT2D eigenvalue weighted by Gasteiger charge is -2.07. The summed E-state index contributed by atoms with van der Waals surface area (Å²) in [7, 11) is 0. The second-order valence-corrected chi connectivity index (χ2v) is 7.23. The third kappa shape index (κ3) is 4.20. The zero-order valence-electron chi connectivity index (χ0n) is 14.8. The third-order valence-electron chi connectivity index (χ3n) is 4.41. The number of benzene rings is 2. The predicted molar refractivity (Wildman–Crippen MR) is 109 cm³/mol. The van der Waals surface area contributed by atoms with E-state index in [0.717, 1.165) is 33.5 Å². The van der Waals surface area contributed by atoms with Gasteiger partial charge in [-0.1, -0.05) is 36.4 Å². The molecule has 0 saturated carbocycles. The van der Waals surface area contributed by atoms with Crippen molar-refractivity contribution in [3.8, 4) is 5.75 Å². The lowest BCUT2D eigenvalue weighted by molar-refractivity contribution is 0.0958. The maximum atomic E-state index is 12.0. The van der Waals surface area contributed by atoms with Gasteiger partial charge in [0.05, 0.1) is 4.88 Å². The van der Waals surface area contributed by atoms with Gasteiger partial charge in [0, 0.05) is 23.6 Å². The molecule has 0 saturated heterocycles. The first-order valence-electron chi connectivity index (χ1n) is 8.88. The molecule has 1 amide bonds. The van der Waals surface area contributed by atoms with Gasteiger partial charge in [0.25, 0.3) is 5.91 Å². The number of aromatic amines is 1. The van der Waals surface area contributed by atoms with Crippen LogP contribution in [0.2, 0.25) is 0 Å². The van der Waals surface area contributed by atoms with Crippen LogP contribution in [-0.2, 0) is 13.0 Å². The second kappa shape index (κ2) is 8.10. The molecule has 27 heavy (non-hydrogen) atoms. The van der Waals surface area contributed by atoms with Gasteiger partial charge in [-0.3, -0.25) is 4.79 Å². The van der Waals surface area contributed by atoms with Gasteiger partial charge in [-0.05, 0) is 47.2 Å². The minimum absolute atomic E-state index is 0.0169. The van der Waals surface area contributed by atoms with Crippen LogP contribution in [-0.4, -0.2) is 17.4 Å². The maximum Gasteiger partial charge on any atom is 0.261 e. The van der Waals surface area contributed by atoms with Crippen LogP contribution >= 0.6 is 11.3 Å². The number of carbonyl (C=O) groups excluding carboxylic acids is 1. The Morgan fingerprint density at radius 1 is 1.07 bits per heavy atom. The Bertz CT molecular complexity index is 1020. The fourth-order valence-corrected chi connectivity index (χ4v) is 3.64. The van der Waals surface area contributed by atoms with E-state index >= 15 is 0 Å². The Balaban J connectivity index is 1.40. The first kappa shape index (κ1) is 17.4. The summed E-state index contributed by atoms with van der Waals surface area (Å²) in [4.78, 5) is 16.1. The Labute approximate surface area is 161 Å². The molecule has 5 heteroatoms. The number of fused-ring (bicyclic) bond motifs is 1. The van der Waals surface area contributed by atoms with E-state index in [-0.39, 0.29) is 5.91 Å². The number of hydrogen-bond donors (Lipinski definition) is 2. The Morgan fingerprint density at radius 3 is 2.78 bits per heavy atom. The highest BCUT2D eigenvalue weighted by atomic mass is 32.1. The van der Waals surface area contributed by atoms with Crippen LogP contribution < -0.4 is 10.1 Å². The number of hydrogen-bond acceptors (Lipinski definition) is 3. The molecule has 0 atom stereocenters. The van der Waals surface area contributed by atoms with E-state index in [1.807, 2.05) is 54.0 Å². The van der Waals surface area contributed by atoms with Crippen molar-refractivity contribution in [2.24, 2.45) is 0 Å². The van der Waals surface area contributed by atoms with Gasteiger partial charge < -0.3 is 15.0 Å². The summed E-state index contributed by atoms with van der Waals surface area (Å²) < 4.78 is 5.93. The average molecular weight is 376 g/mol. The fourth-order valence-electron chi connectivity index (χ4n) is 3.00. The van der Waals surface area contributed by atoms with Gasteiger partial charge in [0.2, 0.25) is 0 Å². The van der Waals surface area contributed by atoms with E-state index in [4.69, 9.17) is 4.74 Å². The van der Waals surface area contributed by atoms with Gasteiger partial charge in [-0.15, -0.1) is 11.3 Å². The number of nitrogens with one attached hydrogen (secondary N) is 2. The van der Waals surface area contributed by atoms with Gasteiger partial charge in [-0.25, -0.2) is 0 Å². The molecule has 0 spiro atoms. The van der Waals surface area contributed by atoms with Crippen molar-refractivity contribution in [3.05, 3.63) is 88.2 Å². The Morgan fingerprint density at radius 2 is 1.96 bits per heavy atom. The number of aromatic nitrogens is 1. The van der Waals surface area contributed by atoms with Crippen LogP contribution in [0.1, 0.15) is 20.8 Å². The van der Waals surface area contributed by atoms with Crippen LogP contribution in [0.15, 0.2) is 72.2 Å². The van der Waals surface area contributed by atoms with E-state index in [0.29, 0.717) is 13.2 Å². The standard InChI is InChI=1S/C22H20N2O2S/c25-22(21-7-4-12-27-21)23-11-10-17-14-24-20-9-8-18(13-19(17)20)26-15-16-5-2-1-3-6-16/h1-9,12-14,24H,10-11,15H2,(H,23,25). The molecule has 2 heterocycles. The van der Waals surface area contributed by atoms with E-state index < -0.39 is 0 Å². The first-order chi connectivity index (χ1) is 13.3. The molecule has 136 valence electrons. The molecule has 0 bridgehead atoms. The molecule has 4 aromatic rings. The topological polar surface area (TPSA) is 54.1 Å². The third-order valence-corrected chi connectivity index (χ3v) is 5.28. The summed E-state index contributed by atoms with van der Waals surface area (Å²) in [5.41, 5.74) is 3.38. The summed E-state index contributed by atoms with van der Waals surface area (Å²) in [6.45, 7) is 1.14. The van der Waals surface area contributed by atoms with Crippen molar-refractivity contribution in [1.82, 2.24) is 10.3 Å². The highest BCUT2D eigenvalue weighted by Gasteiger charge is 2.08. The molecule has 0 unspecified atom stereocenters. The monoisotopic (exact) mass is 376 g/mol. The van der Waals surface area contributed by atoms with Crippen molar-refractivity contribution in [1.29, 1.82) is 0 Å². The van der Waals surface area contributed by atoms with E-state index in [2.05, 4.69) is 28.5 Å². The molecule has 0 aliphatic carbocycles. The summed E-state index contributed by atoms with van der Waals surface area (Å²) in [6, 6.07) is 19.9. The smallest absolute Gasteiger partial charge is 0.261 e. The number of ether oxygens (including phenoxy) is 1. The van der Waals surface area contributed by atoms with Gasteiger partial charge in [0.15, 0.2) is 0 Å². The molecule has 0 aliphatic rings. The van der Waals surface area contributed by atoms with Crippen molar-refractivity contribution in [2.75, 3.05) is 6.54 Å². The zero-order valence-corrected chi connectivity index (χ0v) is 15.6. The number of amides is 1. The van der Waals surface area contributed by atoms with Crippen LogP contribution in [0.3, 0.4) is 0 Å². The normalized spacial score (nSPS) is 10.8. The fraction of sp³-hybridized carbons (Fsp3) is 0.136. The van der Waals surface area contributed by atoms with Gasteiger partial charge in [0.1, 0.15) is 12.4 Å². The Kier molecular flexibility index (Phi) is 5.21. The molecule has 2 aromatic carbocycles. The quantitative estimate of drug-likeness (QED) is 0.488. The molecule has 0 radical (unpaired) electrons. The zero-order chi connectivity index (χ0) is 18.5. The molecule has 4 nitrogen and oxygen atoms in total. The van der Waals surface area contributed by atoms with Crippen LogP contribution in [0.25, 0.3) is 10.9 Å². The molecule has 2 N–H and O–H groups in total. The average Bonchev–Trinajstić information content (AvgIpc) is 3.37. The van der Waals surface area contributed by atoms with Crippen molar-refractivity contribution >= 4 is 28.1 Å². The van der Waals surface area contributed by atoms with E-state index in [1.54, 1.807) is 0 Å². The molecule has 0 fully saturated rings. The molecule has 2 aromatic heterocycles.